The van der Waals surface area contributed by atoms with Crippen molar-refractivity contribution in [2.24, 2.45) is 0 Å². The highest BCUT2D eigenvalue weighted by Crippen LogP contribution is 2.33. The van der Waals surface area contributed by atoms with Crippen LogP contribution in [0.1, 0.15) is 28.8 Å². The van der Waals surface area contributed by atoms with E-state index in [1.165, 1.54) is 29.5 Å². The summed E-state index contributed by atoms with van der Waals surface area (Å²) in [6.45, 7) is 0.432. The number of hydrogen-bond donors (Lipinski definition) is 1. The predicted molar refractivity (Wildman–Crippen MR) is 116 cm³/mol. The minimum Gasteiger partial charge on any atom is -0.491 e. The van der Waals surface area contributed by atoms with E-state index >= 15 is 0 Å². The van der Waals surface area contributed by atoms with Crippen LogP contribution < -0.4 is 10.1 Å². The van der Waals surface area contributed by atoms with Crippen LogP contribution in [-0.4, -0.2) is 52.6 Å². The fourth-order valence-electron chi connectivity index (χ4n) is 3.40. The minimum atomic E-state index is -4.62. The minimum absolute atomic E-state index is 0.0556. The van der Waals surface area contributed by atoms with Crippen molar-refractivity contribution in [2.75, 3.05) is 25.1 Å². The molecule has 0 spiro atoms. The molecule has 2 heterocycles. The summed E-state index contributed by atoms with van der Waals surface area (Å²) in [5.74, 6) is -1.04. The zero-order valence-corrected chi connectivity index (χ0v) is 18.3. The molecule has 0 saturated carbocycles. The molecular weight excluding hydrogens is 469 g/mol. The van der Waals surface area contributed by atoms with Crippen LogP contribution >= 0.6 is 0 Å². The molecular formula is C23H21F3N4O5. The van der Waals surface area contributed by atoms with Gasteiger partial charge in [0.05, 0.1) is 28.6 Å². The van der Waals surface area contributed by atoms with Crippen molar-refractivity contribution >= 4 is 17.6 Å². The largest absolute Gasteiger partial charge is 0.491 e. The first kappa shape index (κ1) is 24.2. The summed E-state index contributed by atoms with van der Waals surface area (Å²) in [7, 11) is 0. The number of nitrogens with one attached hydrogen (secondary N) is 1. The Labute approximate surface area is 197 Å². The van der Waals surface area contributed by atoms with Crippen LogP contribution in [0.25, 0.3) is 5.69 Å². The molecule has 2 aromatic carbocycles. The van der Waals surface area contributed by atoms with Crippen molar-refractivity contribution in [1.82, 2.24) is 14.8 Å². The summed E-state index contributed by atoms with van der Waals surface area (Å²) in [5.41, 5.74) is -0.784. The van der Waals surface area contributed by atoms with Crippen molar-refractivity contribution in [3.05, 3.63) is 66.2 Å². The standard InChI is InChI=1S/C23H21F3N4O5/c24-23(25,26)16-5-8-20(30-14-27-13-28-30)19(10-16)29-21(31)12-35-22(32)15-3-6-17(7-4-15)34-11-18-2-1-9-33-18/h3-8,10,13-14,18H,1-2,9,11-12H2,(H,29,31). The Morgan fingerprint density at radius 1 is 1.17 bits per heavy atom. The lowest BCUT2D eigenvalue weighted by molar-refractivity contribution is -0.137. The van der Waals surface area contributed by atoms with Crippen LogP contribution in [0, 0.1) is 0 Å². The van der Waals surface area contributed by atoms with Crippen LogP contribution in [0.4, 0.5) is 18.9 Å². The molecule has 1 N–H and O–H groups in total. The van der Waals surface area contributed by atoms with Crippen molar-refractivity contribution in [2.45, 2.75) is 25.1 Å². The third-order valence-corrected chi connectivity index (χ3v) is 5.15. The van der Waals surface area contributed by atoms with Crippen molar-refractivity contribution in [3.63, 3.8) is 0 Å². The highest BCUT2D eigenvalue weighted by Gasteiger charge is 2.31. The van der Waals surface area contributed by atoms with Gasteiger partial charge in [-0.05, 0) is 55.3 Å². The smallest absolute Gasteiger partial charge is 0.416 e. The maximum absolute atomic E-state index is 13.1. The molecule has 1 aromatic heterocycles. The van der Waals surface area contributed by atoms with Gasteiger partial charge in [0, 0.05) is 6.61 Å². The molecule has 9 nitrogen and oxygen atoms in total. The Morgan fingerprint density at radius 2 is 1.97 bits per heavy atom. The lowest BCUT2D eigenvalue weighted by Gasteiger charge is -2.14. The molecule has 1 aliphatic rings. The number of carbonyl (C=O) groups is 2. The molecule has 0 bridgehead atoms. The lowest BCUT2D eigenvalue weighted by atomic mass is 10.1. The Kier molecular flexibility index (Phi) is 7.30. The fraction of sp³-hybridized carbons (Fsp3) is 0.304. The first-order valence-corrected chi connectivity index (χ1v) is 10.7. The molecule has 35 heavy (non-hydrogen) atoms. The lowest BCUT2D eigenvalue weighted by Crippen LogP contribution is -2.22. The second-order valence-electron chi connectivity index (χ2n) is 7.66. The van der Waals surface area contributed by atoms with Crippen molar-refractivity contribution in [3.8, 4) is 11.4 Å². The van der Waals surface area contributed by atoms with Crippen molar-refractivity contribution < 1.29 is 37.0 Å². The second kappa shape index (κ2) is 10.6. The van der Waals surface area contributed by atoms with Gasteiger partial charge in [-0.3, -0.25) is 4.79 Å². The molecule has 3 aromatic rings. The van der Waals surface area contributed by atoms with E-state index in [0.29, 0.717) is 12.4 Å². The summed E-state index contributed by atoms with van der Waals surface area (Å²) < 4.78 is 56.8. The Bertz CT molecular complexity index is 1160. The zero-order chi connectivity index (χ0) is 24.8. The van der Waals surface area contributed by atoms with E-state index in [2.05, 4.69) is 15.4 Å². The molecule has 0 radical (unpaired) electrons. The monoisotopic (exact) mass is 490 g/mol. The molecule has 1 unspecified atom stereocenters. The van der Waals surface area contributed by atoms with E-state index in [0.717, 1.165) is 37.6 Å². The highest BCUT2D eigenvalue weighted by atomic mass is 19.4. The molecule has 1 fully saturated rings. The van der Waals surface area contributed by atoms with Gasteiger partial charge in [-0.15, -0.1) is 0 Å². The zero-order valence-electron chi connectivity index (χ0n) is 18.3. The van der Waals surface area contributed by atoms with Gasteiger partial charge in [-0.2, -0.15) is 18.3 Å². The third kappa shape index (κ3) is 6.35. The molecule has 1 aliphatic heterocycles. The van der Waals surface area contributed by atoms with Crippen molar-refractivity contribution in [1.29, 1.82) is 0 Å². The second-order valence-corrected chi connectivity index (χ2v) is 7.66. The summed E-state index contributed by atoms with van der Waals surface area (Å²) in [6, 6.07) is 8.95. The Morgan fingerprint density at radius 3 is 2.63 bits per heavy atom. The number of esters is 1. The maximum atomic E-state index is 13.1. The number of halogens is 3. The van der Waals surface area contributed by atoms with Gasteiger partial charge in [-0.25, -0.2) is 14.5 Å². The Hall–Kier alpha value is -3.93. The number of anilines is 1. The SMILES string of the molecule is O=C(COC(=O)c1ccc(OCC2CCCO2)cc1)Nc1cc(C(F)(F)F)ccc1-n1cncn1. The topological polar surface area (TPSA) is 105 Å². The van der Waals surface area contributed by atoms with Crippen LogP contribution in [0.5, 0.6) is 5.75 Å². The number of ether oxygens (including phenoxy) is 3. The van der Waals surface area contributed by atoms with Gasteiger partial charge in [0.25, 0.3) is 5.91 Å². The normalized spacial score (nSPS) is 15.6. The molecule has 1 amide bonds. The van der Waals surface area contributed by atoms with Gasteiger partial charge in [0.2, 0.25) is 0 Å². The summed E-state index contributed by atoms with van der Waals surface area (Å²) in [6.07, 6.45) is -0.154. The molecule has 1 atom stereocenters. The number of nitrogens with zero attached hydrogens (tertiary/aromatic N) is 3. The molecule has 1 saturated heterocycles. The van der Waals surface area contributed by atoms with Crippen LogP contribution in [-0.2, 0) is 20.4 Å². The fourth-order valence-corrected chi connectivity index (χ4v) is 3.40. The van der Waals surface area contributed by atoms with Crippen LogP contribution in [0.15, 0.2) is 55.1 Å². The average Bonchev–Trinajstić information content (AvgIpc) is 3.55. The van der Waals surface area contributed by atoms with Crippen LogP contribution in [0.2, 0.25) is 0 Å². The number of amides is 1. The summed E-state index contributed by atoms with van der Waals surface area (Å²) >= 11 is 0. The highest BCUT2D eigenvalue weighted by molar-refractivity contribution is 5.96. The van der Waals surface area contributed by atoms with E-state index in [9.17, 15) is 22.8 Å². The van der Waals surface area contributed by atoms with E-state index in [1.54, 1.807) is 12.1 Å². The quantitative estimate of drug-likeness (QED) is 0.481. The first-order valence-electron chi connectivity index (χ1n) is 10.7. The molecule has 184 valence electrons. The van der Waals surface area contributed by atoms with Gasteiger partial charge in [0.15, 0.2) is 6.61 Å². The first-order chi connectivity index (χ1) is 16.8. The summed E-state index contributed by atoms with van der Waals surface area (Å²) in [4.78, 5) is 28.4. The van der Waals surface area contributed by atoms with E-state index in [4.69, 9.17) is 14.2 Å². The van der Waals surface area contributed by atoms with Gasteiger partial charge < -0.3 is 19.5 Å². The van der Waals surface area contributed by atoms with Gasteiger partial charge >= 0.3 is 12.1 Å². The number of benzene rings is 2. The maximum Gasteiger partial charge on any atom is 0.416 e. The molecule has 12 heteroatoms. The number of rotatable bonds is 8. The number of alkyl halides is 3. The van der Waals surface area contributed by atoms with Gasteiger partial charge in [0.1, 0.15) is 25.0 Å². The average molecular weight is 490 g/mol. The summed E-state index contributed by atoms with van der Waals surface area (Å²) in [5, 5.41) is 6.21. The predicted octanol–water partition coefficient (Wildman–Crippen LogP) is 3.64. The number of carbonyl (C=O) groups excluding carboxylic acids is 2. The van der Waals surface area contributed by atoms with E-state index in [1.807, 2.05) is 0 Å². The number of aromatic nitrogens is 3. The molecule has 0 aliphatic carbocycles. The number of hydrogen-bond acceptors (Lipinski definition) is 7. The van der Waals surface area contributed by atoms with E-state index < -0.39 is 30.2 Å². The third-order valence-electron chi connectivity index (χ3n) is 5.15. The van der Waals surface area contributed by atoms with Gasteiger partial charge in [-0.1, -0.05) is 0 Å². The van der Waals surface area contributed by atoms with E-state index in [-0.39, 0.29) is 23.0 Å². The van der Waals surface area contributed by atoms with Crippen LogP contribution in [0.3, 0.4) is 0 Å². The Balaban J connectivity index is 1.35. The molecule has 4 rings (SSSR count).